The molecule has 0 heterocycles. The molecule has 0 aliphatic carbocycles. The van der Waals surface area contributed by atoms with Crippen LogP contribution in [0.15, 0.2) is 18.2 Å². The summed E-state index contributed by atoms with van der Waals surface area (Å²) >= 11 is 5.91. The normalized spacial score (nSPS) is 12.2. The summed E-state index contributed by atoms with van der Waals surface area (Å²) in [5, 5.41) is 11.4. The number of alkyl carbamates (subject to hydrolysis) is 1. The first kappa shape index (κ1) is 19.8. The highest BCUT2D eigenvalue weighted by molar-refractivity contribution is 6.33. The molecule has 0 aromatic heterocycles. The van der Waals surface area contributed by atoms with Gasteiger partial charge < -0.3 is 19.9 Å². The van der Waals surface area contributed by atoms with E-state index in [4.69, 9.17) is 21.4 Å². The lowest BCUT2D eigenvalue weighted by Crippen LogP contribution is -2.45. The smallest absolute Gasteiger partial charge is 0.408 e. The predicted octanol–water partition coefficient (Wildman–Crippen LogP) is 2.65. The fraction of sp³-hybridized carbons (Fsp3) is 0.438. The number of hydrogen-bond acceptors (Lipinski definition) is 5. The largest absolute Gasteiger partial charge is 0.478 e. The van der Waals surface area contributed by atoms with Crippen LogP contribution in [0.5, 0.6) is 0 Å². The van der Waals surface area contributed by atoms with Crippen molar-refractivity contribution in [2.24, 2.45) is 0 Å². The molecule has 0 aliphatic heterocycles. The van der Waals surface area contributed by atoms with Crippen LogP contribution in [0.1, 0.15) is 36.7 Å². The molecule has 24 heavy (non-hydrogen) atoms. The molecule has 0 radical (unpaired) electrons. The van der Waals surface area contributed by atoms with Crippen molar-refractivity contribution >= 4 is 29.6 Å². The minimum Gasteiger partial charge on any atom is -0.478 e. The summed E-state index contributed by atoms with van der Waals surface area (Å²) in [7, 11) is 1.20. The van der Waals surface area contributed by atoms with E-state index in [-0.39, 0.29) is 17.0 Å². The molecule has 0 aliphatic rings. The van der Waals surface area contributed by atoms with Crippen LogP contribution in [-0.2, 0) is 20.7 Å². The number of carbonyl (C=O) groups is 3. The maximum atomic E-state index is 11.9. The van der Waals surface area contributed by atoms with Gasteiger partial charge in [-0.1, -0.05) is 17.7 Å². The molecule has 0 bridgehead atoms. The summed E-state index contributed by atoms with van der Waals surface area (Å²) in [6.45, 7) is 5.10. The minimum atomic E-state index is -1.15. The van der Waals surface area contributed by atoms with E-state index in [1.165, 1.54) is 25.3 Å². The van der Waals surface area contributed by atoms with Crippen molar-refractivity contribution in [2.45, 2.75) is 38.8 Å². The lowest BCUT2D eigenvalue weighted by Gasteiger charge is -2.22. The first-order valence-electron chi connectivity index (χ1n) is 7.12. The van der Waals surface area contributed by atoms with Gasteiger partial charge in [0.15, 0.2) is 0 Å². The Morgan fingerprint density at radius 2 is 1.92 bits per heavy atom. The van der Waals surface area contributed by atoms with Crippen LogP contribution in [-0.4, -0.2) is 41.9 Å². The molecule has 1 rings (SSSR count). The number of rotatable bonds is 5. The second-order valence-electron chi connectivity index (χ2n) is 6.05. The molecule has 0 fully saturated rings. The lowest BCUT2D eigenvalue weighted by atomic mass is 10.0. The van der Waals surface area contributed by atoms with E-state index in [0.717, 1.165) is 0 Å². The van der Waals surface area contributed by atoms with Crippen molar-refractivity contribution in [2.75, 3.05) is 7.11 Å². The number of nitrogens with one attached hydrogen (secondary N) is 1. The number of hydrogen-bond donors (Lipinski definition) is 2. The minimum absolute atomic E-state index is 0.0425. The van der Waals surface area contributed by atoms with Gasteiger partial charge in [0.2, 0.25) is 0 Å². The number of halogens is 1. The van der Waals surface area contributed by atoms with Gasteiger partial charge in [-0.25, -0.2) is 14.4 Å². The Bertz CT molecular complexity index is 638. The molecule has 1 aromatic rings. The Hall–Kier alpha value is -2.28. The van der Waals surface area contributed by atoms with Crippen molar-refractivity contribution in [1.82, 2.24) is 5.32 Å². The van der Waals surface area contributed by atoms with Crippen LogP contribution in [0.2, 0.25) is 5.02 Å². The molecule has 1 atom stereocenters. The zero-order valence-electron chi connectivity index (χ0n) is 13.9. The highest BCUT2D eigenvalue weighted by atomic mass is 35.5. The van der Waals surface area contributed by atoms with Crippen LogP contribution in [0, 0.1) is 0 Å². The van der Waals surface area contributed by atoms with Crippen molar-refractivity contribution < 1.29 is 29.0 Å². The Morgan fingerprint density at radius 3 is 2.38 bits per heavy atom. The molecule has 0 saturated carbocycles. The Morgan fingerprint density at radius 1 is 1.29 bits per heavy atom. The molecule has 7 nitrogen and oxygen atoms in total. The van der Waals surface area contributed by atoms with Gasteiger partial charge in [0, 0.05) is 6.42 Å². The standard InChI is InChI=1S/C16H20ClNO6/c1-16(2,3)24-15(22)18-12(14(21)23-4)8-9-5-6-10(13(19)20)11(17)7-9/h5-7,12H,8H2,1-4H3,(H,18,22)(H,19,20)/t12-/m0/s1. The summed E-state index contributed by atoms with van der Waals surface area (Å²) in [6, 6.07) is 3.29. The zero-order chi connectivity index (χ0) is 18.5. The first-order chi connectivity index (χ1) is 11.0. The number of esters is 1. The lowest BCUT2D eigenvalue weighted by molar-refractivity contribution is -0.143. The van der Waals surface area contributed by atoms with E-state index >= 15 is 0 Å². The topological polar surface area (TPSA) is 102 Å². The molecule has 1 aromatic carbocycles. The van der Waals surface area contributed by atoms with E-state index < -0.39 is 29.7 Å². The maximum Gasteiger partial charge on any atom is 0.408 e. The molecule has 0 spiro atoms. The number of carboxylic acids is 1. The SMILES string of the molecule is COC(=O)[C@H](Cc1ccc(C(=O)O)c(Cl)c1)NC(=O)OC(C)(C)C. The van der Waals surface area contributed by atoms with Crippen molar-refractivity contribution in [3.63, 3.8) is 0 Å². The predicted molar refractivity (Wildman–Crippen MR) is 87.3 cm³/mol. The van der Waals surface area contributed by atoms with Crippen LogP contribution < -0.4 is 5.32 Å². The first-order valence-corrected chi connectivity index (χ1v) is 7.50. The molecule has 0 saturated heterocycles. The van der Waals surface area contributed by atoms with Gasteiger partial charge in [0.05, 0.1) is 17.7 Å². The van der Waals surface area contributed by atoms with Gasteiger partial charge in [0.1, 0.15) is 11.6 Å². The second-order valence-corrected chi connectivity index (χ2v) is 6.45. The number of methoxy groups -OCH3 is 1. The third kappa shape index (κ3) is 6.08. The Labute approximate surface area is 144 Å². The van der Waals surface area contributed by atoms with Gasteiger partial charge in [-0.2, -0.15) is 0 Å². The maximum absolute atomic E-state index is 11.9. The third-order valence-electron chi connectivity index (χ3n) is 2.88. The fourth-order valence-corrected chi connectivity index (χ4v) is 2.16. The number of carbonyl (C=O) groups excluding carboxylic acids is 2. The van der Waals surface area contributed by atoms with Crippen LogP contribution in [0.3, 0.4) is 0 Å². The van der Waals surface area contributed by atoms with Crippen molar-refractivity contribution in [3.05, 3.63) is 34.3 Å². The van der Waals surface area contributed by atoms with E-state index in [2.05, 4.69) is 10.1 Å². The van der Waals surface area contributed by atoms with Gasteiger partial charge in [0.25, 0.3) is 0 Å². The van der Waals surface area contributed by atoms with Gasteiger partial charge in [-0.05, 0) is 38.5 Å². The number of carboxylic acid groups (broad SMARTS) is 1. The molecule has 8 heteroatoms. The number of benzene rings is 1. The average molecular weight is 358 g/mol. The fourth-order valence-electron chi connectivity index (χ4n) is 1.88. The van der Waals surface area contributed by atoms with Gasteiger partial charge >= 0.3 is 18.0 Å². The zero-order valence-corrected chi connectivity index (χ0v) is 14.6. The number of aromatic carboxylic acids is 1. The van der Waals surface area contributed by atoms with Crippen LogP contribution >= 0.6 is 11.6 Å². The molecule has 1 amide bonds. The number of amides is 1. The highest BCUT2D eigenvalue weighted by Crippen LogP contribution is 2.19. The van der Waals surface area contributed by atoms with E-state index in [1.54, 1.807) is 20.8 Å². The van der Waals surface area contributed by atoms with E-state index in [0.29, 0.717) is 5.56 Å². The van der Waals surface area contributed by atoms with E-state index in [1.807, 2.05) is 0 Å². The quantitative estimate of drug-likeness (QED) is 0.785. The summed E-state index contributed by atoms with van der Waals surface area (Å²) in [5.41, 5.74) is -0.191. The molecule has 2 N–H and O–H groups in total. The third-order valence-corrected chi connectivity index (χ3v) is 3.19. The Kier molecular flexibility index (Phi) is 6.60. The summed E-state index contributed by atoms with van der Waals surface area (Å²) in [4.78, 5) is 34.7. The highest BCUT2D eigenvalue weighted by Gasteiger charge is 2.25. The summed E-state index contributed by atoms with van der Waals surface area (Å²) in [6.07, 6.45) is -0.683. The van der Waals surface area contributed by atoms with Crippen LogP contribution in [0.25, 0.3) is 0 Å². The summed E-state index contributed by atoms with van der Waals surface area (Å²) in [5.74, 6) is -1.80. The molecular formula is C16H20ClNO6. The molecule has 132 valence electrons. The second kappa shape index (κ2) is 8.01. The van der Waals surface area contributed by atoms with Crippen LogP contribution in [0.4, 0.5) is 4.79 Å². The van der Waals surface area contributed by atoms with Gasteiger partial charge in [-0.15, -0.1) is 0 Å². The number of ether oxygens (including phenoxy) is 2. The monoisotopic (exact) mass is 357 g/mol. The Balaban J connectivity index is 2.91. The average Bonchev–Trinajstić information content (AvgIpc) is 2.43. The van der Waals surface area contributed by atoms with E-state index in [9.17, 15) is 14.4 Å². The molecular weight excluding hydrogens is 338 g/mol. The van der Waals surface area contributed by atoms with Gasteiger partial charge in [-0.3, -0.25) is 0 Å². The van der Waals surface area contributed by atoms with Crippen molar-refractivity contribution in [1.29, 1.82) is 0 Å². The van der Waals surface area contributed by atoms with Crippen molar-refractivity contribution in [3.8, 4) is 0 Å². The summed E-state index contributed by atoms with van der Waals surface area (Å²) < 4.78 is 9.78. The molecule has 0 unspecified atom stereocenters.